The van der Waals surface area contributed by atoms with Crippen LogP contribution in [0.5, 0.6) is 0 Å². The van der Waals surface area contributed by atoms with Gasteiger partial charge in [-0.3, -0.25) is 0 Å². The number of fused-ring (bicyclic) bond motifs is 2. The Morgan fingerprint density at radius 2 is 1.12 bits per heavy atom. The minimum atomic E-state index is -3.32. The number of rotatable bonds is 2. The van der Waals surface area contributed by atoms with Crippen molar-refractivity contribution in [3.05, 3.63) is 80.6 Å². The van der Waals surface area contributed by atoms with Gasteiger partial charge in [0.25, 0.3) is 0 Å². The van der Waals surface area contributed by atoms with Crippen LogP contribution in [0.15, 0.2) is 58.3 Å². The van der Waals surface area contributed by atoms with Gasteiger partial charge in [0.05, 0.1) is 0 Å². The van der Waals surface area contributed by atoms with Crippen molar-refractivity contribution in [3.63, 3.8) is 0 Å². The quantitative estimate of drug-likeness (QED) is 0.419. The van der Waals surface area contributed by atoms with Crippen molar-refractivity contribution in [2.45, 2.75) is 12.8 Å². The van der Waals surface area contributed by atoms with Gasteiger partial charge >= 0.3 is 163 Å². The van der Waals surface area contributed by atoms with E-state index < -0.39 is 13.8 Å². The predicted molar refractivity (Wildman–Crippen MR) is 115 cm³/mol. The molecular formula is C20H20Cl2S2Zr. The first kappa shape index (κ1) is 18.4. The van der Waals surface area contributed by atoms with Crippen molar-refractivity contribution >= 4 is 43.4 Å². The van der Waals surface area contributed by atoms with Gasteiger partial charge in [-0.15, -0.1) is 0 Å². The second-order valence-corrected chi connectivity index (χ2v) is 42.8. The zero-order valence-corrected chi connectivity index (χ0v) is 19.9. The molecule has 2 unspecified atom stereocenters. The number of allylic oxidation sites excluding steroid dienone is 2. The molecule has 2 aliphatic carbocycles. The summed E-state index contributed by atoms with van der Waals surface area (Å²) in [6, 6.07) is 17.3. The molecule has 2 aromatic rings. The number of hydrogen-bond donors (Lipinski definition) is 0. The molecular weight excluding hydrogens is 466 g/mol. The molecule has 0 saturated heterocycles. The van der Waals surface area contributed by atoms with Gasteiger partial charge in [0.1, 0.15) is 0 Å². The predicted octanol–water partition coefficient (Wildman–Crippen LogP) is 7.27. The van der Waals surface area contributed by atoms with Gasteiger partial charge in [-0.2, -0.15) is 0 Å². The van der Waals surface area contributed by atoms with Crippen molar-refractivity contribution in [2.24, 2.45) is 0 Å². The molecule has 130 valence electrons. The summed E-state index contributed by atoms with van der Waals surface area (Å²) in [4.78, 5) is 2.91. The van der Waals surface area contributed by atoms with Gasteiger partial charge in [-0.1, -0.05) is 0 Å². The fourth-order valence-corrected chi connectivity index (χ4v) is 32.4. The van der Waals surface area contributed by atoms with Crippen LogP contribution in [0.25, 0.3) is 12.2 Å². The third-order valence-electron chi connectivity index (χ3n) is 4.97. The molecule has 2 aliphatic rings. The maximum atomic E-state index is 7.20. The summed E-state index contributed by atoms with van der Waals surface area (Å²) in [6.07, 6.45) is 11.3. The summed E-state index contributed by atoms with van der Waals surface area (Å²) >= 11 is -3.32. The van der Waals surface area contributed by atoms with E-state index in [2.05, 4.69) is 73.2 Å². The van der Waals surface area contributed by atoms with E-state index in [0.29, 0.717) is 0 Å². The summed E-state index contributed by atoms with van der Waals surface area (Å²) < 4.78 is 0. The van der Waals surface area contributed by atoms with Crippen molar-refractivity contribution in [2.75, 3.05) is 12.5 Å². The van der Waals surface area contributed by atoms with Crippen molar-refractivity contribution < 1.29 is 13.8 Å². The van der Waals surface area contributed by atoms with Crippen molar-refractivity contribution in [1.82, 2.24) is 0 Å². The average molecular weight is 487 g/mol. The molecule has 0 N–H and O–H groups in total. The van der Waals surface area contributed by atoms with Crippen molar-refractivity contribution in [3.8, 4) is 0 Å². The van der Waals surface area contributed by atoms with E-state index >= 15 is 0 Å². The molecule has 0 amide bonds. The first-order chi connectivity index (χ1) is 12.0. The molecule has 0 heterocycles. The first-order valence-electron chi connectivity index (χ1n) is 8.23. The van der Waals surface area contributed by atoms with Gasteiger partial charge in [0.2, 0.25) is 0 Å². The molecule has 2 aromatic carbocycles. The van der Waals surface area contributed by atoms with Gasteiger partial charge in [0.15, 0.2) is 0 Å². The Bertz CT molecular complexity index is 981. The van der Waals surface area contributed by atoms with E-state index in [9.17, 15) is 0 Å². The fourth-order valence-electron chi connectivity index (χ4n) is 3.38. The Hall–Kier alpha value is 0.0831. The molecule has 0 saturated carbocycles. The maximum absolute atomic E-state index is 7.20. The molecule has 4 rings (SSSR count). The Labute approximate surface area is 161 Å². The van der Waals surface area contributed by atoms with E-state index in [0.717, 1.165) is 12.8 Å². The molecule has 0 aliphatic heterocycles. The van der Waals surface area contributed by atoms with E-state index in [-0.39, 0.29) is 14.2 Å². The van der Waals surface area contributed by atoms with Crippen LogP contribution in [-0.2, 0) is 26.6 Å². The second-order valence-electron chi connectivity index (χ2n) is 6.46. The van der Waals surface area contributed by atoms with E-state index in [1.807, 2.05) is 0 Å². The number of benzene rings is 2. The molecule has 5 heteroatoms. The number of halogens is 2. The van der Waals surface area contributed by atoms with Gasteiger partial charge in [-0.25, -0.2) is 0 Å². The fraction of sp³-hybridized carbons (Fsp3) is 0.200. The third-order valence-corrected chi connectivity index (χ3v) is 48.2. The monoisotopic (exact) mass is 484 g/mol. The van der Waals surface area contributed by atoms with Gasteiger partial charge in [-0.05, 0) is 0 Å². The molecule has 0 fully saturated rings. The summed E-state index contributed by atoms with van der Waals surface area (Å²) in [6.45, 7) is 0. The van der Waals surface area contributed by atoms with E-state index in [1.54, 1.807) is 0 Å². The Morgan fingerprint density at radius 3 is 1.52 bits per heavy atom. The first-order valence-corrected chi connectivity index (χ1v) is 23.9. The Morgan fingerprint density at radius 1 is 0.720 bits per heavy atom. The topological polar surface area (TPSA) is 0 Å². The summed E-state index contributed by atoms with van der Waals surface area (Å²) in [5.74, 6) is 0. The van der Waals surface area contributed by atoms with Crippen molar-refractivity contribution in [1.29, 1.82) is 0 Å². The Kier molecular flexibility index (Phi) is 5.35. The zero-order valence-electron chi connectivity index (χ0n) is 14.3. The summed E-state index contributed by atoms with van der Waals surface area (Å²) in [5, 5.41) is 0. The summed E-state index contributed by atoms with van der Waals surface area (Å²) in [7, 11) is 14.4. The average Bonchev–Trinajstić information content (AvgIpc) is 3.23. The van der Waals surface area contributed by atoms with E-state index in [1.165, 1.54) is 32.1 Å². The van der Waals surface area contributed by atoms with Crippen LogP contribution in [0.1, 0.15) is 22.3 Å². The second kappa shape index (κ2) is 7.25. The van der Waals surface area contributed by atoms with Crippen LogP contribution >= 0.6 is 31.3 Å². The minimum absolute atomic E-state index is 0.000121. The van der Waals surface area contributed by atoms with Crippen LogP contribution in [0.2, 0.25) is 0 Å². The van der Waals surface area contributed by atoms with E-state index in [4.69, 9.17) is 17.0 Å². The molecule has 0 nitrogen and oxygen atoms in total. The van der Waals surface area contributed by atoms with Crippen LogP contribution in [-0.4, -0.2) is 12.5 Å². The van der Waals surface area contributed by atoms with Gasteiger partial charge in [0, 0.05) is 0 Å². The molecule has 0 spiro atoms. The van der Waals surface area contributed by atoms with Crippen LogP contribution in [0.4, 0.5) is 0 Å². The molecule has 0 aromatic heterocycles. The molecule has 0 bridgehead atoms. The standard InChI is InChI=1S/2C10H10S.2ClH.Zr/c2*1-11-10-6-8-4-2-3-5-9(8)7-10;;;/h2*2-6H,7H2,1H3;2*1H;/q;;;;+2/p-2. The summed E-state index contributed by atoms with van der Waals surface area (Å²) in [5.41, 5.74) is 5.51. The Balaban J connectivity index is 1.78. The zero-order chi connectivity index (χ0) is 17.6. The molecule has 0 radical (unpaired) electrons. The molecule has 2 atom stereocenters. The van der Waals surface area contributed by atoms with Crippen LogP contribution in [0, 0.1) is 0 Å². The van der Waals surface area contributed by atoms with Crippen LogP contribution in [0.3, 0.4) is 0 Å². The SMILES string of the molecule is C[S](C1=Cc2ccccc2C1)=[Zr]([Cl])([Cl])=[S](C)C1=Cc2ccccc2C1. The third kappa shape index (κ3) is 3.48. The molecule has 25 heavy (non-hydrogen) atoms. The van der Waals surface area contributed by atoms with Gasteiger partial charge < -0.3 is 0 Å². The van der Waals surface area contributed by atoms with Crippen LogP contribution < -0.4 is 0 Å². The number of hydrogen-bond acceptors (Lipinski definition) is 0. The normalized spacial score (nSPS) is 17.6.